The van der Waals surface area contributed by atoms with Crippen molar-refractivity contribution in [3.8, 4) is 5.69 Å². The van der Waals surface area contributed by atoms with Crippen LogP contribution in [0.25, 0.3) is 16.6 Å². The molecule has 0 bridgehead atoms. The summed E-state index contributed by atoms with van der Waals surface area (Å²) in [7, 11) is 0. The molecule has 3 aromatic rings. The molecular weight excluding hydrogens is 430 g/mol. The third kappa shape index (κ3) is 4.03. The van der Waals surface area contributed by atoms with Gasteiger partial charge in [0.05, 0.1) is 17.4 Å². The van der Waals surface area contributed by atoms with Crippen molar-refractivity contribution in [3.63, 3.8) is 0 Å². The average molecular weight is 462 g/mol. The fourth-order valence-corrected chi connectivity index (χ4v) is 6.48. The molecule has 1 amide bonds. The molecule has 0 spiro atoms. The molecule has 1 aromatic heterocycles. The summed E-state index contributed by atoms with van der Waals surface area (Å²) in [6, 6.07) is 22.1. The number of hydrogen-bond acceptors (Lipinski definition) is 5. The summed E-state index contributed by atoms with van der Waals surface area (Å²) in [5.74, 6) is 3.50. The van der Waals surface area contributed by atoms with Gasteiger partial charge in [0.2, 0.25) is 5.91 Å². The van der Waals surface area contributed by atoms with E-state index in [2.05, 4.69) is 80.3 Å². The minimum Gasteiger partial charge on any atom is -0.355 e. The van der Waals surface area contributed by atoms with Gasteiger partial charge in [0.25, 0.3) is 0 Å². The average Bonchev–Trinajstić information content (AvgIpc) is 3.64. The van der Waals surface area contributed by atoms with Crippen molar-refractivity contribution in [1.82, 2.24) is 19.7 Å². The monoisotopic (exact) mass is 461 g/mol. The number of carbonyl (C=O) groups excluding carboxylic acids is 1. The van der Waals surface area contributed by atoms with Gasteiger partial charge in [-0.3, -0.25) is 14.3 Å². The second-order valence-electron chi connectivity index (χ2n) is 9.24. The molecule has 6 rings (SSSR count). The van der Waals surface area contributed by atoms with Crippen LogP contribution in [-0.2, 0) is 4.79 Å². The van der Waals surface area contributed by atoms with Gasteiger partial charge >= 0.3 is 0 Å². The van der Waals surface area contributed by atoms with Crippen LogP contribution in [0.5, 0.6) is 0 Å². The third-order valence-electron chi connectivity index (χ3n) is 7.33. The maximum atomic E-state index is 12.8. The molecule has 172 valence electrons. The highest BCUT2D eigenvalue weighted by Gasteiger charge is 2.37. The zero-order chi connectivity index (χ0) is 22.2. The number of amides is 1. The Kier molecular flexibility index (Phi) is 5.78. The van der Waals surface area contributed by atoms with Gasteiger partial charge in [-0.15, -0.1) is 11.8 Å². The number of anilines is 1. The van der Waals surface area contributed by atoms with E-state index in [9.17, 15) is 4.79 Å². The molecule has 4 heterocycles. The van der Waals surface area contributed by atoms with Crippen molar-refractivity contribution in [2.75, 3.05) is 55.8 Å². The van der Waals surface area contributed by atoms with Gasteiger partial charge in [-0.2, -0.15) is 0 Å². The van der Waals surface area contributed by atoms with E-state index in [0.717, 1.165) is 57.3 Å². The molecule has 2 aromatic carbocycles. The first kappa shape index (κ1) is 21.1. The van der Waals surface area contributed by atoms with Crippen molar-refractivity contribution < 1.29 is 4.79 Å². The maximum absolute atomic E-state index is 12.8. The lowest BCUT2D eigenvalue weighted by molar-refractivity contribution is -0.131. The first-order valence-corrected chi connectivity index (χ1v) is 13.2. The summed E-state index contributed by atoms with van der Waals surface area (Å²) in [5, 5.41) is 4.79. The Morgan fingerprint density at radius 3 is 2.52 bits per heavy atom. The lowest BCUT2D eigenvalue weighted by Gasteiger charge is -2.39. The van der Waals surface area contributed by atoms with E-state index in [1.54, 1.807) is 0 Å². The van der Waals surface area contributed by atoms with Crippen molar-refractivity contribution in [1.29, 1.82) is 0 Å². The predicted molar refractivity (Wildman–Crippen MR) is 136 cm³/mol. The zero-order valence-electron chi connectivity index (χ0n) is 18.9. The number of rotatable bonds is 4. The fourth-order valence-electron chi connectivity index (χ4n) is 5.53. The molecule has 7 heteroatoms. The van der Waals surface area contributed by atoms with Gasteiger partial charge in [0.15, 0.2) is 0 Å². The van der Waals surface area contributed by atoms with Crippen LogP contribution in [0, 0.1) is 0 Å². The quantitative estimate of drug-likeness (QED) is 0.647. The van der Waals surface area contributed by atoms with E-state index in [1.165, 1.54) is 22.4 Å². The first-order valence-electron chi connectivity index (χ1n) is 12.0. The van der Waals surface area contributed by atoms with Crippen molar-refractivity contribution in [3.05, 3.63) is 60.7 Å². The second-order valence-corrected chi connectivity index (χ2v) is 10.3. The molecule has 1 N–H and O–H groups in total. The summed E-state index contributed by atoms with van der Waals surface area (Å²) >= 11 is 1.86. The second kappa shape index (κ2) is 9.05. The van der Waals surface area contributed by atoms with E-state index in [-0.39, 0.29) is 6.04 Å². The normalized spacial score (nSPS) is 24.1. The van der Waals surface area contributed by atoms with Crippen molar-refractivity contribution >= 4 is 34.4 Å². The Morgan fingerprint density at radius 1 is 0.939 bits per heavy atom. The van der Waals surface area contributed by atoms with Gasteiger partial charge in [-0.05, 0) is 30.7 Å². The minimum absolute atomic E-state index is 0.00709. The molecule has 3 saturated heterocycles. The Bertz CT molecular complexity index is 1120. The molecular formula is C26H31N5OS. The van der Waals surface area contributed by atoms with Crippen LogP contribution in [0.1, 0.15) is 6.42 Å². The van der Waals surface area contributed by atoms with Crippen molar-refractivity contribution in [2.24, 2.45) is 0 Å². The molecule has 3 fully saturated rings. The van der Waals surface area contributed by atoms with E-state index < -0.39 is 0 Å². The Labute approximate surface area is 199 Å². The van der Waals surface area contributed by atoms with Crippen LogP contribution in [0.3, 0.4) is 0 Å². The molecule has 0 radical (unpaired) electrons. The van der Waals surface area contributed by atoms with Gasteiger partial charge in [0, 0.05) is 62.1 Å². The molecule has 0 unspecified atom stereocenters. The highest BCUT2D eigenvalue weighted by molar-refractivity contribution is 7.99. The van der Waals surface area contributed by atoms with Gasteiger partial charge in [0.1, 0.15) is 5.82 Å². The fraction of sp³-hybridized carbons (Fsp3) is 0.423. The Hall–Kier alpha value is -2.48. The SMILES string of the molecule is O=C([C@@H]1C[C@H](N2CCN(c3cc4ccccc4n3-c3ccccc3)CC2)CN1)N1CCSC1. The van der Waals surface area contributed by atoms with E-state index in [1.807, 2.05) is 16.7 Å². The van der Waals surface area contributed by atoms with Crippen LogP contribution < -0.4 is 10.2 Å². The number of thioether (sulfide) groups is 1. The molecule has 33 heavy (non-hydrogen) atoms. The first-order chi connectivity index (χ1) is 16.3. The van der Waals surface area contributed by atoms with Crippen LogP contribution in [-0.4, -0.2) is 83.3 Å². The van der Waals surface area contributed by atoms with Crippen LogP contribution in [0.4, 0.5) is 5.82 Å². The summed E-state index contributed by atoms with van der Waals surface area (Å²) in [4.78, 5) is 19.9. The summed E-state index contributed by atoms with van der Waals surface area (Å²) in [6.07, 6.45) is 0.935. The lowest BCUT2D eigenvalue weighted by Crippen LogP contribution is -2.51. The van der Waals surface area contributed by atoms with Gasteiger partial charge in [-0.1, -0.05) is 36.4 Å². The third-order valence-corrected chi connectivity index (χ3v) is 8.30. The van der Waals surface area contributed by atoms with E-state index >= 15 is 0 Å². The number of nitrogens with zero attached hydrogens (tertiary/aromatic N) is 4. The zero-order valence-corrected chi connectivity index (χ0v) is 19.7. The topological polar surface area (TPSA) is 43.8 Å². The molecule has 6 nitrogen and oxygen atoms in total. The maximum Gasteiger partial charge on any atom is 0.240 e. The molecule has 3 aliphatic rings. The molecule has 0 saturated carbocycles. The smallest absolute Gasteiger partial charge is 0.240 e. The van der Waals surface area contributed by atoms with Crippen LogP contribution in [0.15, 0.2) is 60.7 Å². The lowest BCUT2D eigenvalue weighted by atomic mass is 10.1. The Morgan fingerprint density at radius 2 is 1.73 bits per heavy atom. The number of aromatic nitrogens is 1. The number of benzene rings is 2. The number of piperazine rings is 1. The summed E-state index contributed by atoms with van der Waals surface area (Å²) in [5.41, 5.74) is 2.46. The highest BCUT2D eigenvalue weighted by atomic mass is 32.2. The van der Waals surface area contributed by atoms with Gasteiger partial charge < -0.3 is 15.1 Å². The standard InChI is InChI=1S/C26H31N5OS/c32-26(30-14-15-33-19-30)23-17-22(18-27-23)28-10-12-29(13-11-28)25-16-20-6-4-5-9-24(20)31(25)21-7-2-1-3-8-21/h1-9,16,22-23,27H,10-15,17-19H2/t22-,23-/m0/s1. The number of fused-ring (bicyclic) bond motifs is 1. The number of carbonyl (C=O) groups is 1. The largest absolute Gasteiger partial charge is 0.355 e. The predicted octanol–water partition coefficient (Wildman–Crippen LogP) is 3.02. The molecule has 2 atom stereocenters. The van der Waals surface area contributed by atoms with E-state index in [0.29, 0.717) is 11.9 Å². The van der Waals surface area contributed by atoms with E-state index in [4.69, 9.17) is 0 Å². The van der Waals surface area contributed by atoms with Crippen LogP contribution in [0.2, 0.25) is 0 Å². The highest BCUT2D eigenvalue weighted by Crippen LogP contribution is 2.31. The van der Waals surface area contributed by atoms with Crippen LogP contribution >= 0.6 is 11.8 Å². The number of hydrogen-bond donors (Lipinski definition) is 1. The number of nitrogens with one attached hydrogen (secondary N) is 1. The summed E-state index contributed by atoms with van der Waals surface area (Å²) < 4.78 is 2.39. The number of para-hydroxylation sites is 2. The van der Waals surface area contributed by atoms with Crippen molar-refractivity contribution in [2.45, 2.75) is 18.5 Å². The van der Waals surface area contributed by atoms with Gasteiger partial charge in [-0.25, -0.2) is 0 Å². The Balaban J connectivity index is 1.16. The molecule has 3 aliphatic heterocycles. The minimum atomic E-state index is -0.00709. The molecule has 0 aliphatic carbocycles. The summed E-state index contributed by atoms with van der Waals surface area (Å²) in [6.45, 7) is 5.89.